The minimum Gasteiger partial charge on any atom is -0.392 e. The van der Waals surface area contributed by atoms with Crippen LogP contribution in [0, 0.1) is 0 Å². The Bertz CT molecular complexity index is 505. The van der Waals surface area contributed by atoms with Gasteiger partial charge < -0.3 is 5.11 Å². The number of thiazole rings is 1. The zero-order chi connectivity index (χ0) is 13.7. The quantitative estimate of drug-likeness (QED) is 0.603. The fraction of sp³-hybridized carbons (Fsp3) is 0.400. The Kier molecular flexibility index (Phi) is 5.43. The predicted octanol–water partition coefficient (Wildman–Crippen LogP) is 4.49. The molecule has 0 bridgehead atoms. The monoisotopic (exact) mass is 293 g/mol. The van der Waals surface area contributed by atoms with E-state index in [1.54, 1.807) is 29.2 Å². The molecule has 0 aliphatic rings. The molecule has 102 valence electrons. The number of hydrogen-bond acceptors (Lipinski definition) is 4. The van der Waals surface area contributed by atoms with Gasteiger partial charge >= 0.3 is 0 Å². The molecule has 0 aliphatic heterocycles. The van der Waals surface area contributed by atoms with Crippen LogP contribution in [0.25, 0.3) is 10.2 Å². The summed E-state index contributed by atoms with van der Waals surface area (Å²) in [6.45, 7) is 5.85. The Morgan fingerprint density at radius 3 is 2.95 bits per heavy atom. The van der Waals surface area contributed by atoms with E-state index >= 15 is 0 Å². The van der Waals surface area contributed by atoms with Gasteiger partial charge in [-0.25, -0.2) is 4.98 Å². The molecule has 0 aliphatic carbocycles. The van der Waals surface area contributed by atoms with Gasteiger partial charge in [0.2, 0.25) is 0 Å². The second-order valence-electron chi connectivity index (χ2n) is 4.48. The smallest absolute Gasteiger partial charge is 0.151 e. The number of nitrogens with zero attached hydrogens (tertiary/aromatic N) is 1. The molecule has 0 fully saturated rings. The van der Waals surface area contributed by atoms with Gasteiger partial charge in [-0.2, -0.15) is 0 Å². The molecular formula is C15H19NOS2. The molecule has 2 nitrogen and oxygen atoms in total. The molecule has 2 atom stereocenters. The van der Waals surface area contributed by atoms with Gasteiger partial charge in [-0.3, -0.25) is 0 Å². The van der Waals surface area contributed by atoms with Crippen LogP contribution in [0.15, 0.2) is 41.3 Å². The van der Waals surface area contributed by atoms with Gasteiger partial charge in [0.15, 0.2) is 4.34 Å². The Balaban J connectivity index is 2.13. The van der Waals surface area contributed by atoms with Gasteiger partial charge in [-0.05, 0) is 25.0 Å². The van der Waals surface area contributed by atoms with Gasteiger partial charge in [0.05, 0.1) is 16.3 Å². The van der Waals surface area contributed by atoms with Crippen molar-refractivity contribution < 1.29 is 5.11 Å². The summed E-state index contributed by atoms with van der Waals surface area (Å²) < 4.78 is 2.25. The summed E-state index contributed by atoms with van der Waals surface area (Å²) in [5.41, 5.74) is 1.04. The molecule has 1 N–H and O–H groups in total. The number of rotatable bonds is 7. The summed E-state index contributed by atoms with van der Waals surface area (Å²) in [7, 11) is 0. The van der Waals surface area contributed by atoms with Crippen molar-refractivity contribution >= 4 is 33.3 Å². The molecule has 0 spiro atoms. The first-order chi connectivity index (χ1) is 9.24. The summed E-state index contributed by atoms with van der Waals surface area (Å²) in [4.78, 5) is 4.62. The first-order valence-corrected chi connectivity index (χ1v) is 8.25. The number of thioether (sulfide) groups is 1. The predicted molar refractivity (Wildman–Crippen MR) is 85.0 cm³/mol. The van der Waals surface area contributed by atoms with Crippen molar-refractivity contribution in [3.63, 3.8) is 0 Å². The lowest BCUT2D eigenvalue weighted by Gasteiger charge is -2.19. The van der Waals surface area contributed by atoms with E-state index in [-0.39, 0.29) is 11.4 Å². The van der Waals surface area contributed by atoms with Crippen molar-refractivity contribution in [2.24, 2.45) is 0 Å². The molecular weight excluding hydrogens is 274 g/mol. The molecule has 0 saturated carbocycles. The highest BCUT2D eigenvalue weighted by molar-refractivity contribution is 8.01. The van der Waals surface area contributed by atoms with Gasteiger partial charge in [-0.15, -0.1) is 17.9 Å². The van der Waals surface area contributed by atoms with E-state index in [0.29, 0.717) is 6.42 Å². The minimum atomic E-state index is -0.338. The van der Waals surface area contributed by atoms with Crippen molar-refractivity contribution in [2.45, 2.75) is 41.9 Å². The van der Waals surface area contributed by atoms with E-state index in [0.717, 1.165) is 22.7 Å². The zero-order valence-electron chi connectivity index (χ0n) is 11.1. The van der Waals surface area contributed by atoms with Gasteiger partial charge in [0, 0.05) is 5.25 Å². The second kappa shape index (κ2) is 7.08. The normalized spacial score (nSPS) is 14.4. The van der Waals surface area contributed by atoms with Crippen LogP contribution in [0.1, 0.15) is 26.2 Å². The van der Waals surface area contributed by atoms with Crippen LogP contribution in [-0.4, -0.2) is 21.4 Å². The van der Waals surface area contributed by atoms with Crippen LogP contribution in [0.5, 0.6) is 0 Å². The molecule has 0 radical (unpaired) electrons. The van der Waals surface area contributed by atoms with Crippen molar-refractivity contribution in [3.8, 4) is 0 Å². The average Bonchev–Trinajstić information content (AvgIpc) is 2.80. The third-order valence-corrected chi connectivity index (χ3v) is 5.45. The van der Waals surface area contributed by atoms with Crippen LogP contribution in [0.2, 0.25) is 0 Å². The number of benzene rings is 1. The van der Waals surface area contributed by atoms with Crippen molar-refractivity contribution in [1.29, 1.82) is 0 Å². The number of aliphatic hydroxyl groups excluding tert-OH is 1. The Labute approximate surface area is 122 Å². The molecule has 2 rings (SSSR count). The highest BCUT2D eigenvalue weighted by Gasteiger charge is 2.20. The molecule has 1 unspecified atom stereocenters. The van der Waals surface area contributed by atoms with Gasteiger partial charge in [-0.1, -0.05) is 43.3 Å². The molecule has 1 aromatic carbocycles. The molecule has 19 heavy (non-hydrogen) atoms. The lowest BCUT2D eigenvalue weighted by molar-refractivity contribution is 0.171. The average molecular weight is 293 g/mol. The van der Waals surface area contributed by atoms with E-state index in [1.165, 1.54) is 4.70 Å². The lowest BCUT2D eigenvalue weighted by atomic mass is 10.1. The maximum Gasteiger partial charge on any atom is 0.151 e. The highest BCUT2D eigenvalue weighted by atomic mass is 32.2. The molecule has 0 amide bonds. The summed E-state index contributed by atoms with van der Waals surface area (Å²) >= 11 is 3.40. The van der Waals surface area contributed by atoms with Crippen molar-refractivity contribution in [3.05, 3.63) is 36.9 Å². The van der Waals surface area contributed by atoms with Crippen LogP contribution < -0.4 is 0 Å². The summed E-state index contributed by atoms with van der Waals surface area (Å²) in [5, 5.41) is 10.4. The summed E-state index contributed by atoms with van der Waals surface area (Å²) in [5.74, 6) is 0. The summed E-state index contributed by atoms with van der Waals surface area (Å²) in [6, 6.07) is 8.16. The van der Waals surface area contributed by atoms with E-state index < -0.39 is 0 Å². The van der Waals surface area contributed by atoms with Gasteiger partial charge in [0.25, 0.3) is 0 Å². The maximum absolute atomic E-state index is 10.2. The Morgan fingerprint density at radius 1 is 1.47 bits per heavy atom. The first kappa shape index (κ1) is 14.6. The topological polar surface area (TPSA) is 33.1 Å². The molecule has 2 aromatic rings. The SMILES string of the molecule is C=CCC(O)[C@H](CCC)Sc1nc2ccccc2s1. The van der Waals surface area contributed by atoms with Crippen molar-refractivity contribution in [2.75, 3.05) is 0 Å². The Morgan fingerprint density at radius 2 is 2.26 bits per heavy atom. The van der Waals surface area contributed by atoms with Crippen LogP contribution >= 0.6 is 23.1 Å². The zero-order valence-corrected chi connectivity index (χ0v) is 12.7. The Hall–Kier alpha value is -0.840. The minimum absolute atomic E-state index is 0.198. The van der Waals surface area contributed by atoms with E-state index in [2.05, 4.69) is 24.6 Å². The first-order valence-electron chi connectivity index (χ1n) is 6.55. The molecule has 4 heteroatoms. The number of aliphatic hydroxyl groups is 1. The number of aromatic nitrogens is 1. The third-order valence-electron chi connectivity index (χ3n) is 2.94. The van der Waals surface area contributed by atoms with E-state index in [1.807, 2.05) is 18.2 Å². The van der Waals surface area contributed by atoms with Crippen LogP contribution in [0.3, 0.4) is 0 Å². The molecule has 0 saturated heterocycles. The largest absolute Gasteiger partial charge is 0.392 e. The van der Waals surface area contributed by atoms with E-state index in [4.69, 9.17) is 0 Å². The number of hydrogen-bond donors (Lipinski definition) is 1. The fourth-order valence-corrected chi connectivity index (χ4v) is 4.53. The summed E-state index contributed by atoms with van der Waals surface area (Å²) in [6.07, 6.45) is 4.15. The lowest BCUT2D eigenvalue weighted by Crippen LogP contribution is -2.22. The van der Waals surface area contributed by atoms with E-state index in [9.17, 15) is 5.11 Å². The van der Waals surface area contributed by atoms with Crippen LogP contribution in [0.4, 0.5) is 0 Å². The maximum atomic E-state index is 10.2. The number of fused-ring (bicyclic) bond motifs is 1. The van der Waals surface area contributed by atoms with Crippen LogP contribution in [-0.2, 0) is 0 Å². The second-order valence-corrected chi connectivity index (χ2v) is 7.00. The third kappa shape index (κ3) is 3.81. The van der Waals surface area contributed by atoms with Crippen molar-refractivity contribution in [1.82, 2.24) is 4.98 Å². The molecule has 1 heterocycles. The standard InChI is InChI=1S/C15H19NOS2/c1-3-7-12(17)14(8-4-2)19-15-16-11-9-5-6-10-13(11)18-15/h3,5-6,9-10,12,14,17H,1,4,7-8H2,2H3/t12?,14-/m0/s1. The molecule has 1 aromatic heterocycles. The fourth-order valence-electron chi connectivity index (χ4n) is 1.97. The van der Waals surface area contributed by atoms with Gasteiger partial charge in [0.1, 0.15) is 0 Å². The number of para-hydroxylation sites is 1. The highest BCUT2D eigenvalue weighted by Crippen LogP contribution is 2.35.